The number of aromatic nitrogens is 1. The number of benzene rings is 4. The van der Waals surface area contributed by atoms with E-state index < -0.39 is 17.6 Å². The second-order valence-electron chi connectivity index (χ2n) is 9.74. The third-order valence-electron chi connectivity index (χ3n) is 6.38. The molecule has 3 amide bonds. The number of ether oxygens (including phenoxy) is 1. The van der Waals surface area contributed by atoms with Crippen LogP contribution in [-0.2, 0) is 9.59 Å². The fourth-order valence-electron chi connectivity index (χ4n) is 4.19. The number of rotatable bonds is 12. The summed E-state index contributed by atoms with van der Waals surface area (Å²) in [5.74, 6) is -0.766. The Morgan fingerprint density at radius 2 is 1.67 bits per heavy atom. The van der Waals surface area contributed by atoms with Gasteiger partial charge in [-0.05, 0) is 85.3 Å². The van der Waals surface area contributed by atoms with Gasteiger partial charge < -0.3 is 20.7 Å². The van der Waals surface area contributed by atoms with E-state index in [4.69, 9.17) is 4.74 Å². The third-order valence-corrected chi connectivity index (χ3v) is 8.13. The largest absolute Gasteiger partial charge is 0.494 e. The summed E-state index contributed by atoms with van der Waals surface area (Å²) in [6, 6.07) is 28.7. The molecule has 0 aliphatic carbocycles. The maximum atomic E-state index is 13.5. The molecule has 46 heavy (non-hydrogen) atoms. The molecular formula is C35H29FN4O4S2. The van der Waals surface area contributed by atoms with Crippen molar-refractivity contribution in [3.05, 3.63) is 131 Å². The number of anilines is 2. The maximum absolute atomic E-state index is 13.5. The normalized spacial score (nSPS) is 11.0. The van der Waals surface area contributed by atoms with Crippen molar-refractivity contribution in [2.45, 2.75) is 11.8 Å². The molecule has 232 valence electrons. The van der Waals surface area contributed by atoms with Crippen molar-refractivity contribution in [3.63, 3.8) is 0 Å². The Bertz CT molecular complexity index is 1840. The monoisotopic (exact) mass is 652 g/mol. The summed E-state index contributed by atoms with van der Waals surface area (Å²) in [5, 5.41) is 10.7. The van der Waals surface area contributed by atoms with Gasteiger partial charge in [-0.25, -0.2) is 9.37 Å². The van der Waals surface area contributed by atoms with Gasteiger partial charge in [-0.3, -0.25) is 14.4 Å². The van der Waals surface area contributed by atoms with E-state index in [0.717, 1.165) is 21.9 Å². The topological polar surface area (TPSA) is 109 Å². The van der Waals surface area contributed by atoms with Gasteiger partial charge in [-0.1, -0.05) is 36.4 Å². The van der Waals surface area contributed by atoms with Gasteiger partial charge >= 0.3 is 0 Å². The van der Waals surface area contributed by atoms with Crippen LogP contribution in [0.1, 0.15) is 22.8 Å². The molecule has 0 saturated carbocycles. The first kappa shape index (κ1) is 32.1. The maximum Gasteiger partial charge on any atom is 0.272 e. The highest BCUT2D eigenvalue weighted by Gasteiger charge is 2.16. The Morgan fingerprint density at radius 3 is 2.41 bits per heavy atom. The highest BCUT2D eigenvalue weighted by Crippen LogP contribution is 2.27. The van der Waals surface area contributed by atoms with Crippen LogP contribution in [0.4, 0.5) is 15.2 Å². The van der Waals surface area contributed by atoms with E-state index in [2.05, 4.69) is 20.9 Å². The minimum Gasteiger partial charge on any atom is -0.494 e. The Labute approximate surface area is 273 Å². The van der Waals surface area contributed by atoms with Crippen molar-refractivity contribution in [3.8, 4) is 17.0 Å². The lowest BCUT2D eigenvalue weighted by atomic mass is 10.1. The van der Waals surface area contributed by atoms with E-state index in [1.165, 1.54) is 53.4 Å². The molecule has 1 heterocycles. The lowest BCUT2D eigenvalue weighted by Gasteiger charge is -2.12. The quantitative estimate of drug-likeness (QED) is 0.0952. The lowest BCUT2D eigenvalue weighted by molar-refractivity contribution is -0.114. The van der Waals surface area contributed by atoms with Gasteiger partial charge in [0.2, 0.25) is 5.91 Å². The van der Waals surface area contributed by atoms with Gasteiger partial charge in [0.25, 0.3) is 11.8 Å². The average Bonchev–Trinajstić information content (AvgIpc) is 3.54. The van der Waals surface area contributed by atoms with E-state index in [1.54, 1.807) is 48.5 Å². The Balaban J connectivity index is 1.20. The summed E-state index contributed by atoms with van der Waals surface area (Å²) in [4.78, 5) is 44.2. The number of nitrogens with zero attached hydrogens (tertiary/aromatic N) is 1. The first-order chi connectivity index (χ1) is 22.4. The molecule has 1 aromatic heterocycles. The average molecular weight is 653 g/mol. The number of hydrogen-bond acceptors (Lipinski definition) is 7. The minimum absolute atomic E-state index is 0.0223. The Morgan fingerprint density at radius 1 is 0.913 bits per heavy atom. The van der Waals surface area contributed by atoms with Gasteiger partial charge in [0.1, 0.15) is 17.3 Å². The molecule has 0 fully saturated rings. The zero-order chi connectivity index (χ0) is 32.3. The molecule has 11 heteroatoms. The van der Waals surface area contributed by atoms with Crippen molar-refractivity contribution in [2.24, 2.45) is 0 Å². The fraction of sp³-hybridized carbons (Fsp3) is 0.0857. The van der Waals surface area contributed by atoms with Crippen molar-refractivity contribution in [1.29, 1.82) is 0 Å². The first-order valence-electron chi connectivity index (χ1n) is 14.2. The number of thiazole rings is 1. The predicted octanol–water partition coefficient (Wildman–Crippen LogP) is 7.49. The van der Waals surface area contributed by atoms with Gasteiger partial charge in [0, 0.05) is 27.1 Å². The van der Waals surface area contributed by atoms with Crippen molar-refractivity contribution in [2.75, 3.05) is 23.0 Å². The molecule has 0 aliphatic rings. The van der Waals surface area contributed by atoms with Crippen LogP contribution in [0.5, 0.6) is 5.75 Å². The SMILES string of the molecule is CCOc1ccc(-c2csc(NC(=O)CSc3cccc(NC(=O)/C(=C/c4ccc(F)cc4)NC(=O)c4ccccc4)c3)n2)cc1. The number of carbonyl (C=O) groups is 3. The molecule has 3 N–H and O–H groups in total. The Hall–Kier alpha value is -5.26. The molecular weight excluding hydrogens is 624 g/mol. The number of halogens is 1. The second-order valence-corrected chi connectivity index (χ2v) is 11.7. The number of hydrogen-bond donors (Lipinski definition) is 3. The summed E-state index contributed by atoms with van der Waals surface area (Å²) in [5.41, 5.74) is 3.03. The summed E-state index contributed by atoms with van der Waals surface area (Å²) in [6.07, 6.45) is 1.47. The molecule has 0 spiro atoms. The molecule has 5 rings (SSSR count). The van der Waals surface area contributed by atoms with Gasteiger partial charge in [-0.2, -0.15) is 0 Å². The number of carbonyl (C=O) groups excluding carboxylic acids is 3. The van der Waals surface area contributed by atoms with Crippen LogP contribution >= 0.6 is 23.1 Å². The molecule has 0 saturated heterocycles. The number of amides is 3. The van der Waals surface area contributed by atoms with E-state index in [1.807, 2.05) is 42.6 Å². The van der Waals surface area contributed by atoms with E-state index in [9.17, 15) is 18.8 Å². The van der Waals surface area contributed by atoms with Crippen molar-refractivity contribution < 1.29 is 23.5 Å². The van der Waals surface area contributed by atoms with Gasteiger partial charge in [0.15, 0.2) is 5.13 Å². The van der Waals surface area contributed by atoms with E-state index >= 15 is 0 Å². The second kappa shape index (κ2) is 15.6. The zero-order valence-electron chi connectivity index (χ0n) is 24.7. The van der Waals surface area contributed by atoms with Crippen LogP contribution in [-0.4, -0.2) is 35.1 Å². The highest BCUT2D eigenvalue weighted by atomic mass is 32.2. The molecule has 0 radical (unpaired) electrons. The zero-order valence-corrected chi connectivity index (χ0v) is 26.3. The molecule has 0 unspecified atom stereocenters. The van der Waals surface area contributed by atoms with Crippen LogP contribution in [0.2, 0.25) is 0 Å². The molecule has 0 bridgehead atoms. The Kier molecular flexibility index (Phi) is 10.9. The van der Waals surface area contributed by atoms with Crippen LogP contribution in [0.15, 0.2) is 119 Å². The van der Waals surface area contributed by atoms with Crippen molar-refractivity contribution in [1.82, 2.24) is 10.3 Å². The number of nitrogens with one attached hydrogen (secondary N) is 3. The molecule has 8 nitrogen and oxygen atoms in total. The standard InChI is InChI=1S/C35H29FN4O4S2/c1-2-44-28-17-13-24(14-18-28)31-21-46-35(39-31)40-32(41)22-45-29-10-6-9-27(20-29)37-34(43)30(19-23-11-15-26(36)16-12-23)38-33(42)25-7-4-3-5-8-25/h3-21H,2,22H2,1H3,(H,37,43)(H,38,42)(H,39,40,41)/b30-19-. The summed E-state index contributed by atoms with van der Waals surface area (Å²) in [7, 11) is 0. The summed E-state index contributed by atoms with van der Waals surface area (Å²) in [6.45, 7) is 2.52. The fourth-order valence-corrected chi connectivity index (χ4v) is 5.68. The van der Waals surface area contributed by atoms with E-state index in [-0.39, 0.29) is 17.4 Å². The van der Waals surface area contributed by atoms with Gasteiger partial charge in [-0.15, -0.1) is 23.1 Å². The van der Waals surface area contributed by atoms with Crippen LogP contribution in [0.25, 0.3) is 17.3 Å². The number of thioether (sulfide) groups is 1. The smallest absolute Gasteiger partial charge is 0.272 e. The minimum atomic E-state index is -0.569. The molecule has 5 aromatic rings. The van der Waals surface area contributed by atoms with Crippen molar-refractivity contribution >= 4 is 57.7 Å². The van der Waals surface area contributed by atoms with Gasteiger partial charge in [0.05, 0.1) is 18.1 Å². The first-order valence-corrected chi connectivity index (χ1v) is 16.1. The summed E-state index contributed by atoms with van der Waals surface area (Å²) >= 11 is 2.64. The lowest BCUT2D eigenvalue weighted by Crippen LogP contribution is -2.30. The molecule has 0 aliphatic heterocycles. The van der Waals surface area contributed by atoms with Crippen LogP contribution < -0.4 is 20.7 Å². The molecule has 4 aromatic carbocycles. The third kappa shape index (κ3) is 9.13. The molecule has 0 atom stereocenters. The summed E-state index contributed by atoms with van der Waals surface area (Å²) < 4.78 is 18.9. The highest BCUT2D eigenvalue weighted by molar-refractivity contribution is 8.00. The van der Waals surface area contributed by atoms with Crippen LogP contribution in [0, 0.1) is 5.82 Å². The van der Waals surface area contributed by atoms with Crippen LogP contribution in [0.3, 0.4) is 0 Å². The predicted molar refractivity (Wildman–Crippen MR) is 181 cm³/mol. The van der Waals surface area contributed by atoms with E-state index in [0.29, 0.717) is 28.6 Å².